The zero-order chi connectivity index (χ0) is 18.2. The average Bonchev–Trinajstić information content (AvgIpc) is 2.64. The molecule has 2 N–H and O–H groups in total. The Balaban J connectivity index is 1.77. The van der Waals surface area contributed by atoms with Crippen LogP contribution in [-0.4, -0.2) is 17.6 Å². The van der Waals surface area contributed by atoms with Gasteiger partial charge < -0.3 is 0 Å². The Morgan fingerprint density at radius 2 is 1.40 bits per heavy atom. The van der Waals surface area contributed by atoms with E-state index in [4.69, 9.17) is 0 Å². The van der Waals surface area contributed by atoms with Crippen molar-refractivity contribution in [3.8, 4) is 0 Å². The van der Waals surface area contributed by atoms with Gasteiger partial charge >= 0.3 is 0 Å². The van der Waals surface area contributed by atoms with Gasteiger partial charge in [-0.15, -0.1) is 0 Å². The van der Waals surface area contributed by atoms with E-state index in [1.165, 1.54) is 0 Å². The van der Waals surface area contributed by atoms with Crippen molar-refractivity contribution in [2.75, 3.05) is 0 Å². The van der Waals surface area contributed by atoms with Gasteiger partial charge in [-0.05, 0) is 31.0 Å². The normalized spacial score (nSPS) is 10.2. The molecule has 0 fully saturated rings. The lowest BCUT2D eigenvalue weighted by Crippen LogP contribution is -2.41. The Morgan fingerprint density at radius 1 is 0.800 bits per heavy atom. The van der Waals surface area contributed by atoms with Crippen LogP contribution in [0.3, 0.4) is 0 Å². The summed E-state index contributed by atoms with van der Waals surface area (Å²) in [4.78, 5) is 35.8. The number of benzene rings is 2. The quantitative estimate of drug-likeness (QED) is 0.628. The van der Waals surface area contributed by atoms with Gasteiger partial charge in [-0.25, -0.2) is 0 Å². The lowest BCUT2D eigenvalue weighted by molar-refractivity contribution is -0.121. The molecule has 5 heteroatoms. The summed E-state index contributed by atoms with van der Waals surface area (Å²) in [6.07, 6.45) is 1.01. The van der Waals surface area contributed by atoms with Gasteiger partial charge in [0.1, 0.15) is 0 Å². The van der Waals surface area contributed by atoms with Crippen LogP contribution in [0.25, 0.3) is 0 Å². The zero-order valence-electron chi connectivity index (χ0n) is 14.5. The number of hydrogen-bond donors (Lipinski definition) is 2. The maximum Gasteiger partial charge on any atom is 0.269 e. The molecule has 0 spiro atoms. The molecule has 0 atom stereocenters. The van der Waals surface area contributed by atoms with Crippen LogP contribution < -0.4 is 10.9 Å². The standard InChI is InChI=1S/C20H22N2O3/c1-3-15-6-10-17(11-7-15)20(25)22-21-19(24)13-12-18(23)16-8-4-14(2)5-9-16/h4-11H,3,12-13H2,1-2H3,(H,21,24)(H,22,25). The van der Waals surface area contributed by atoms with E-state index in [0.717, 1.165) is 17.5 Å². The van der Waals surface area contributed by atoms with E-state index in [2.05, 4.69) is 10.9 Å². The predicted octanol–water partition coefficient (Wildman–Crippen LogP) is 2.98. The highest BCUT2D eigenvalue weighted by molar-refractivity contribution is 5.98. The number of carbonyl (C=O) groups excluding carboxylic acids is 3. The molecule has 0 aromatic heterocycles. The van der Waals surface area contributed by atoms with Crippen LogP contribution >= 0.6 is 0 Å². The number of carbonyl (C=O) groups is 3. The highest BCUT2D eigenvalue weighted by Gasteiger charge is 2.11. The highest BCUT2D eigenvalue weighted by atomic mass is 16.2. The van der Waals surface area contributed by atoms with Crippen LogP contribution in [0, 0.1) is 6.92 Å². The Kier molecular flexibility index (Phi) is 6.46. The molecule has 25 heavy (non-hydrogen) atoms. The molecule has 0 radical (unpaired) electrons. The molecular formula is C20H22N2O3. The maximum absolute atomic E-state index is 12.0. The number of hydrogen-bond acceptors (Lipinski definition) is 3. The zero-order valence-corrected chi connectivity index (χ0v) is 14.5. The van der Waals surface area contributed by atoms with Crippen LogP contribution in [0.4, 0.5) is 0 Å². The number of rotatable bonds is 6. The van der Waals surface area contributed by atoms with Gasteiger partial charge in [0.15, 0.2) is 5.78 Å². The van der Waals surface area contributed by atoms with E-state index in [-0.39, 0.29) is 24.5 Å². The van der Waals surface area contributed by atoms with E-state index in [0.29, 0.717) is 11.1 Å². The molecule has 2 amide bonds. The summed E-state index contributed by atoms with van der Waals surface area (Å²) < 4.78 is 0. The van der Waals surface area contributed by atoms with Gasteiger partial charge in [0, 0.05) is 24.0 Å². The minimum atomic E-state index is -0.404. The van der Waals surface area contributed by atoms with Crippen LogP contribution in [0.2, 0.25) is 0 Å². The molecule has 0 saturated carbocycles. The van der Waals surface area contributed by atoms with Gasteiger partial charge in [0.05, 0.1) is 0 Å². The Morgan fingerprint density at radius 3 is 2.00 bits per heavy atom. The fraction of sp³-hybridized carbons (Fsp3) is 0.250. The molecule has 2 rings (SSSR count). The van der Waals surface area contributed by atoms with Crippen molar-refractivity contribution in [1.29, 1.82) is 0 Å². The first-order valence-electron chi connectivity index (χ1n) is 8.27. The van der Waals surface area contributed by atoms with E-state index in [1.807, 2.05) is 38.1 Å². The average molecular weight is 338 g/mol. The van der Waals surface area contributed by atoms with Crippen LogP contribution in [0.5, 0.6) is 0 Å². The van der Waals surface area contributed by atoms with Crippen LogP contribution in [0.1, 0.15) is 51.6 Å². The molecule has 0 unspecified atom stereocenters. The van der Waals surface area contributed by atoms with Crippen molar-refractivity contribution >= 4 is 17.6 Å². The maximum atomic E-state index is 12.0. The summed E-state index contributed by atoms with van der Waals surface area (Å²) in [5.74, 6) is -0.892. The first kappa shape index (κ1) is 18.4. The van der Waals surface area contributed by atoms with Crippen molar-refractivity contribution in [3.05, 3.63) is 70.8 Å². The van der Waals surface area contributed by atoms with Crippen molar-refractivity contribution in [1.82, 2.24) is 10.9 Å². The second kappa shape index (κ2) is 8.78. The molecule has 0 aliphatic rings. The Hall–Kier alpha value is -2.95. The Bertz CT molecular complexity index is 750. The molecular weight excluding hydrogens is 316 g/mol. The van der Waals surface area contributed by atoms with E-state index in [1.54, 1.807) is 24.3 Å². The number of Topliss-reactive ketones (excluding diaryl/α,β-unsaturated/α-hetero) is 1. The van der Waals surface area contributed by atoms with Crippen molar-refractivity contribution in [3.63, 3.8) is 0 Å². The summed E-state index contributed by atoms with van der Waals surface area (Å²) in [6.45, 7) is 3.98. The van der Waals surface area contributed by atoms with Gasteiger partial charge in [-0.3, -0.25) is 25.2 Å². The molecule has 0 aliphatic heterocycles. The molecule has 0 aliphatic carbocycles. The second-order valence-electron chi connectivity index (χ2n) is 5.84. The third-order valence-electron chi connectivity index (χ3n) is 3.89. The fourth-order valence-corrected chi connectivity index (χ4v) is 2.26. The molecule has 0 saturated heterocycles. The molecule has 5 nitrogen and oxygen atoms in total. The summed E-state index contributed by atoms with van der Waals surface area (Å²) in [6, 6.07) is 14.4. The number of amides is 2. The minimum Gasteiger partial charge on any atom is -0.294 e. The third-order valence-corrected chi connectivity index (χ3v) is 3.89. The number of hydrazine groups is 1. The molecule has 2 aromatic rings. The first-order valence-corrected chi connectivity index (χ1v) is 8.27. The molecule has 130 valence electrons. The topological polar surface area (TPSA) is 75.3 Å². The molecule has 0 bridgehead atoms. The predicted molar refractivity (Wildman–Crippen MR) is 96.2 cm³/mol. The SMILES string of the molecule is CCc1ccc(C(=O)NNC(=O)CCC(=O)c2ccc(C)cc2)cc1. The van der Waals surface area contributed by atoms with Gasteiger partial charge in [-0.1, -0.05) is 48.9 Å². The fourth-order valence-electron chi connectivity index (χ4n) is 2.26. The van der Waals surface area contributed by atoms with E-state index in [9.17, 15) is 14.4 Å². The van der Waals surface area contributed by atoms with E-state index >= 15 is 0 Å². The second-order valence-corrected chi connectivity index (χ2v) is 5.84. The minimum absolute atomic E-state index is 0.0156. The van der Waals surface area contributed by atoms with Gasteiger partial charge in [-0.2, -0.15) is 0 Å². The summed E-state index contributed by atoms with van der Waals surface area (Å²) >= 11 is 0. The largest absolute Gasteiger partial charge is 0.294 e. The van der Waals surface area contributed by atoms with Crippen molar-refractivity contribution in [2.24, 2.45) is 0 Å². The number of nitrogens with one attached hydrogen (secondary N) is 2. The van der Waals surface area contributed by atoms with Crippen molar-refractivity contribution < 1.29 is 14.4 Å². The molecule has 0 heterocycles. The van der Waals surface area contributed by atoms with E-state index < -0.39 is 5.91 Å². The summed E-state index contributed by atoms with van der Waals surface area (Å²) in [5.41, 5.74) is 7.95. The van der Waals surface area contributed by atoms with Gasteiger partial charge in [0.2, 0.25) is 5.91 Å². The van der Waals surface area contributed by atoms with Crippen LogP contribution in [0.15, 0.2) is 48.5 Å². The lowest BCUT2D eigenvalue weighted by Gasteiger charge is -2.08. The molecule has 2 aromatic carbocycles. The Labute approximate surface area is 147 Å². The highest BCUT2D eigenvalue weighted by Crippen LogP contribution is 2.08. The van der Waals surface area contributed by atoms with Gasteiger partial charge in [0.25, 0.3) is 5.91 Å². The first-order chi connectivity index (χ1) is 12.0. The summed E-state index contributed by atoms with van der Waals surface area (Å²) in [5, 5.41) is 0. The van der Waals surface area contributed by atoms with Crippen LogP contribution in [-0.2, 0) is 11.2 Å². The third kappa shape index (κ3) is 5.57. The lowest BCUT2D eigenvalue weighted by atomic mass is 10.1. The number of ketones is 1. The van der Waals surface area contributed by atoms with Crippen molar-refractivity contribution in [2.45, 2.75) is 33.1 Å². The monoisotopic (exact) mass is 338 g/mol. The number of aryl methyl sites for hydroxylation is 2. The smallest absolute Gasteiger partial charge is 0.269 e. The summed E-state index contributed by atoms with van der Waals surface area (Å²) in [7, 11) is 0.